The normalized spacial score (nSPS) is 10.8. The molecule has 2 aromatic heterocycles. The lowest BCUT2D eigenvalue weighted by Gasteiger charge is -2.07. The maximum Gasteiger partial charge on any atom is 0.210 e. The largest absolute Gasteiger partial charge is 0.497 e. The van der Waals surface area contributed by atoms with E-state index >= 15 is 0 Å². The number of hydrogen-bond acceptors (Lipinski definition) is 8. The van der Waals surface area contributed by atoms with E-state index in [2.05, 4.69) is 32.7 Å². The van der Waals surface area contributed by atoms with Gasteiger partial charge in [0.15, 0.2) is 5.82 Å². The Kier molecular flexibility index (Phi) is 5.97. The Morgan fingerprint density at radius 2 is 1.90 bits per heavy atom. The van der Waals surface area contributed by atoms with Crippen molar-refractivity contribution in [2.45, 2.75) is 17.5 Å². The topological polar surface area (TPSA) is 88.1 Å². The molecule has 0 saturated carbocycles. The van der Waals surface area contributed by atoms with Gasteiger partial charge in [0.1, 0.15) is 23.1 Å². The second-order valence-corrected chi connectivity index (χ2v) is 7.84. The van der Waals surface area contributed by atoms with E-state index in [9.17, 15) is 0 Å². The van der Waals surface area contributed by atoms with Crippen molar-refractivity contribution in [3.05, 3.63) is 71.5 Å². The van der Waals surface area contributed by atoms with E-state index in [0.29, 0.717) is 22.5 Å². The molecule has 0 spiro atoms. The fourth-order valence-corrected chi connectivity index (χ4v) is 4.27. The van der Waals surface area contributed by atoms with E-state index in [0.717, 1.165) is 22.0 Å². The van der Waals surface area contributed by atoms with E-state index in [4.69, 9.17) is 15.3 Å². The van der Waals surface area contributed by atoms with Crippen LogP contribution in [0, 0.1) is 0 Å². The Bertz CT molecular complexity index is 1080. The van der Waals surface area contributed by atoms with E-state index in [1.807, 2.05) is 36.4 Å². The number of thiazole rings is 1. The van der Waals surface area contributed by atoms with Gasteiger partial charge in [-0.25, -0.2) is 9.66 Å². The quantitative estimate of drug-likeness (QED) is 0.337. The van der Waals surface area contributed by atoms with Gasteiger partial charge in [-0.3, -0.25) is 0 Å². The zero-order chi connectivity index (χ0) is 20.1. The number of benzene rings is 2. The smallest absolute Gasteiger partial charge is 0.210 e. The first-order valence-corrected chi connectivity index (χ1v) is 10.7. The Morgan fingerprint density at radius 3 is 2.72 bits per heavy atom. The van der Waals surface area contributed by atoms with Gasteiger partial charge in [0.25, 0.3) is 0 Å². The molecule has 0 atom stereocenters. The summed E-state index contributed by atoms with van der Waals surface area (Å²) in [5.41, 5.74) is 2.10. The summed E-state index contributed by atoms with van der Waals surface area (Å²) in [5.74, 6) is 8.74. The number of methoxy groups -OCH3 is 1. The average Bonchev–Trinajstić information content (AvgIpc) is 3.38. The molecule has 0 saturated heterocycles. The predicted octanol–water partition coefficient (Wildman–Crippen LogP) is 4.00. The second kappa shape index (κ2) is 8.97. The summed E-state index contributed by atoms with van der Waals surface area (Å²) in [6.07, 6.45) is 0. The number of thioether (sulfide) groups is 1. The highest BCUT2D eigenvalue weighted by atomic mass is 32.2. The van der Waals surface area contributed by atoms with Crippen molar-refractivity contribution >= 4 is 23.1 Å². The molecular formula is C20H19N5O2S2. The Labute approximate surface area is 176 Å². The molecular weight excluding hydrogens is 406 g/mol. The van der Waals surface area contributed by atoms with Crippen LogP contribution in [0.15, 0.2) is 65.1 Å². The first-order chi connectivity index (χ1) is 14.2. The zero-order valence-corrected chi connectivity index (χ0v) is 17.3. The second-order valence-electron chi connectivity index (χ2n) is 6.04. The molecule has 0 radical (unpaired) electrons. The number of aromatic nitrogens is 4. The summed E-state index contributed by atoms with van der Waals surface area (Å²) >= 11 is 3.12. The summed E-state index contributed by atoms with van der Waals surface area (Å²) in [4.78, 5) is 4.69. The molecule has 0 aliphatic rings. The van der Waals surface area contributed by atoms with Crippen molar-refractivity contribution in [3.63, 3.8) is 0 Å². The number of ether oxygens (including phenoxy) is 2. The van der Waals surface area contributed by atoms with Crippen LogP contribution in [0.3, 0.4) is 0 Å². The van der Waals surface area contributed by atoms with Gasteiger partial charge < -0.3 is 15.3 Å². The minimum atomic E-state index is 0.214. The molecule has 0 unspecified atom stereocenters. The summed E-state index contributed by atoms with van der Waals surface area (Å²) < 4.78 is 12.4. The standard InChI is InChI=1S/C20H19N5O2S2/c1-26-16-8-5-9-17(10-16)27-11-18-23-24-20(25(18)21)29-13-15-12-28-19(22-15)14-6-3-2-4-7-14/h2-10,12H,11,13,21H2,1H3. The van der Waals surface area contributed by atoms with Crippen LogP contribution in [0.1, 0.15) is 11.5 Å². The molecule has 148 valence electrons. The first kappa shape index (κ1) is 19.3. The Balaban J connectivity index is 1.36. The monoisotopic (exact) mass is 425 g/mol. The van der Waals surface area contributed by atoms with Crippen LogP contribution in [0.2, 0.25) is 0 Å². The molecule has 0 amide bonds. The van der Waals surface area contributed by atoms with E-state index in [1.165, 1.54) is 16.4 Å². The van der Waals surface area contributed by atoms with E-state index in [1.54, 1.807) is 24.5 Å². The molecule has 2 N–H and O–H groups in total. The summed E-state index contributed by atoms with van der Waals surface area (Å²) in [7, 11) is 1.62. The van der Waals surface area contributed by atoms with Crippen molar-refractivity contribution in [3.8, 4) is 22.1 Å². The molecule has 4 aromatic rings. The number of hydrogen-bond donors (Lipinski definition) is 1. The first-order valence-electron chi connectivity index (χ1n) is 8.82. The van der Waals surface area contributed by atoms with E-state index in [-0.39, 0.29) is 6.61 Å². The highest BCUT2D eigenvalue weighted by Gasteiger charge is 2.13. The van der Waals surface area contributed by atoms with Crippen LogP contribution in [-0.2, 0) is 12.4 Å². The molecule has 9 heteroatoms. The minimum Gasteiger partial charge on any atom is -0.497 e. The lowest BCUT2D eigenvalue weighted by molar-refractivity contribution is 0.289. The summed E-state index contributed by atoms with van der Waals surface area (Å²) in [6, 6.07) is 17.5. The third-order valence-corrected chi connectivity index (χ3v) is 5.98. The van der Waals surface area contributed by atoms with Gasteiger partial charge in [-0.05, 0) is 12.1 Å². The molecule has 2 heterocycles. The lowest BCUT2D eigenvalue weighted by atomic mass is 10.2. The molecule has 2 aromatic carbocycles. The maximum absolute atomic E-state index is 6.13. The third-order valence-electron chi connectivity index (χ3n) is 4.07. The van der Waals surface area contributed by atoms with Gasteiger partial charge in [0.05, 0.1) is 12.8 Å². The van der Waals surface area contributed by atoms with Crippen molar-refractivity contribution in [2.24, 2.45) is 0 Å². The van der Waals surface area contributed by atoms with Gasteiger partial charge in [-0.2, -0.15) is 0 Å². The molecule has 0 aliphatic carbocycles. The van der Waals surface area contributed by atoms with Crippen LogP contribution in [0.4, 0.5) is 0 Å². The van der Waals surface area contributed by atoms with Crippen molar-refractivity contribution in [2.75, 3.05) is 13.0 Å². The van der Waals surface area contributed by atoms with Crippen molar-refractivity contribution in [1.82, 2.24) is 19.9 Å². The highest BCUT2D eigenvalue weighted by Crippen LogP contribution is 2.27. The average molecular weight is 426 g/mol. The number of nitrogens with zero attached hydrogens (tertiary/aromatic N) is 4. The number of rotatable bonds is 8. The molecule has 29 heavy (non-hydrogen) atoms. The predicted molar refractivity (Wildman–Crippen MR) is 115 cm³/mol. The van der Waals surface area contributed by atoms with E-state index < -0.39 is 0 Å². The van der Waals surface area contributed by atoms with Crippen LogP contribution >= 0.6 is 23.1 Å². The fourth-order valence-electron chi connectivity index (χ4n) is 2.57. The van der Waals surface area contributed by atoms with Crippen molar-refractivity contribution in [1.29, 1.82) is 0 Å². The van der Waals surface area contributed by atoms with Crippen molar-refractivity contribution < 1.29 is 9.47 Å². The number of nitrogen functional groups attached to an aromatic ring is 1. The maximum atomic E-state index is 6.13. The Hall–Kier alpha value is -3.04. The molecule has 4 rings (SSSR count). The lowest BCUT2D eigenvalue weighted by Crippen LogP contribution is -2.15. The molecule has 0 bridgehead atoms. The van der Waals surface area contributed by atoms with Gasteiger partial charge in [-0.15, -0.1) is 21.5 Å². The van der Waals surface area contributed by atoms with Crippen LogP contribution in [-0.4, -0.2) is 27.0 Å². The minimum absolute atomic E-state index is 0.214. The van der Waals surface area contributed by atoms with Gasteiger partial charge in [-0.1, -0.05) is 48.2 Å². The fraction of sp³-hybridized carbons (Fsp3) is 0.150. The van der Waals surface area contributed by atoms with Crippen LogP contribution in [0.5, 0.6) is 11.5 Å². The van der Waals surface area contributed by atoms with Gasteiger partial charge in [0.2, 0.25) is 5.16 Å². The van der Waals surface area contributed by atoms with Gasteiger partial charge in [0, 0.05) is 22.8 Å². The Morgan fingerprint density at radius 1 is 1.07 bits per heavy atom. The molecule has 0 fully saturated rings. The van der Waals surface area contributed by atoms with Gasteiger partial charge >= 0.3 is 0 Å². The third kappa shape index (κ3) is 4.69. The van der Waals surface area contributed by atoms with Crippen LogP contribution in [0.25, 0.3) is 10.6 Å². The SMILES string of the molecule is COc1cccc(OCc2nnc(SCc3csc(-c4ccccc4)n3)n2N)c1. The highest BCUT2D eigenvalue weighted by molar-refractivity contribution is 7.98. The summed E-state index contributed by atoms with van der Waals surface area (Å²) in [5, 5.41) is 12.0. The zero-order valence-electron chi connectivity index (χ0n) is 15.7. The number of nitrogens with two attached hydrogens (primary N) is 1. The molecule has 0 aliphatic heterocycles. The van der Waals surface area contributed by atoms with Crippen LogP contribution < -0.4 is 15.3 Å². The summed E-state index contributed by atoms with van der Waals surface area (Å²) in [6.45, 7) is 0.214. The molecule has 7 nitrogen and oxygen atoms in total.